The van der Waals surface area contributed by atoms with Gasteiger partial charge in [-0.25, -0.2) is 19.3 Å². The maximum atomic E-state index is 14.6. The highest BCUT2D eigenvalue weighted by Gasteiger charge is 2.53. The Morgan fingerprint density at radius 1 is 0.979 bits per heavy atom. The van der Waals surface area contributed by atoms with Crippen LogP contribution in [0.5, 0.6) is 11.6 Å². The van der Waals surface area contributed by atoms with E-state index in [2.05, 4.69) is 53.7 Å². The van der Waals surface area contributed by atoms with Crippen LogP contribution in [-0.2, 0) is 0 Å². The molecule has 5 aliphatic rings. The molecule has 0 bridgehead atoms. The Morgan fingerprint density at radius 3 is 2.51 bits per heavy atom. The Balaban J connectivity index is 0.934. The molecule has 2 aromatic heterocycles. The van der Waals surface area contributed by atoms with Gasteiger partial charge in [0.25, 0.3) is 5.88 Å². The predicted octanol–water partition coefficient (Wildman–Crippen LogP) is 5.30. The van der Waals surface area contributed by atoms with Crippen LogP contribution < -0.4 is 9.64 Å². The van der Waals surface area contributed by atoms with Gasteiger partial charge in [-0.1, -0.05) is 13.8 Å². The first-order valence-electron chi connectivity index (χ1n) is 17.6. The number of piperidine rings is 1. The van der Waals surface area contributed by atoms with E-state index in [1.54, 1.807) is 18.6 Å². The van der Waals surface area contributed by atoms with Crippen LogP contribution >= 0.6 is 0 Å². The molecule has 47 heavy (non-hydrogen) atoms. The second kappa shape index (κ2) is 12.0. The Hall–Kier alpha value is -3.28. The second-order valence-corrected chi connectivity index (χ2v) is 15.7. The van der Waals surface area contributed by atoms with E-state index in [-0.39, 0.29) is 11.2 Å². The lowest BCUT2D eigenvalue weighted by Gasteiger charge is -2.58. The van der Waals surface area contributed by atoms with E-state index in [9.17, 15) is 9.50 Å². The Morgan fingerprint density at radius 2 is 1.77 bits per heavy atom. The first-order valence-corrected chi connectivity index (χ1v) is 17.6. The van der Waals surface area contributed by atoms with Gasteiger partial charge in [0.05, 0.1) is 11.3 Å². The van der Waals surface area contributed by atoms with Crippen molar-refractivity contribution in [1.82, 2.24) is 34.9 Å². The zero-order valence-electron chi connectivity index (χ0n) is 27.9. The van der Waals surface area contributed by atoms with Gasteiger partial charge in [0.2, 0.25) is 0 Å². The minimum atomic E-state index is -0.489. The van der Waals surface area contributed by atoms with Crippen molar-refractivity contribution in [1.29, 1.82) is 0 Å². The predicted molar refractivity (Wildman–Crippen MR) is 177 cm³/mol. The van der Waals surface area contributed by atoms with E-state index in [1.807, 2.05) is 6.92 Å². The second-order valence-electron chi connectivity index (χ2n) is 15.7. The van der Waals surface area contributed by atoms with Gasteiger partial charge in [0.1, 0.15) is 24.2 Å². The third-order valence-corrected chi connectivity index (χ3v) is 11.7. The molecular formula is C36H47FN8O2. The number of halogens is 1. The summed E-state index contributed by atoms with van der Waals surface area (Å²) in [4.78, 5) is 21.1. The van der Waals surface area contributed by atoms with Crippen LogP contribution in [0.15, 0.2) is 37.1 Å². The van der Waals surface area contributed by atoms with Crippen molar-refractivity contribution in [3.05, 3.63) is 48.6 Å². The number of nitrogens with zero attached hydrogens (tertiary/aromatic N) is 8. The molecule has 1 spiro atoms. The molecule has 3 saturated heterocycles. The van der Waals surface area contributed by atoms with Crippen LogP contribution in [0.4, 0.5) is 10.2 Å². The summed E-state index contributed by atoms with van der Waals surface area (Å²) in [7, 11) is 0. The quantitative estimate of drug-likeness (QED) is 0.331. The molecule has 5 heterocycles. The van der Waals surface area contributed by atoms with Crippen molar-refractivity contribution in [3.8, 4) is 22.8 Å². The molecule has 1 aromatic carbocycles. The third kappa shape index (κ3) is 6.10. The molecule has 0 amide bonds. The smallest absolute Gasteiger partial charge is 0.282 e. The standard InChI is InChI=1S/C36H47FN8O2/c1-23(2)32(25-14-27(15-25)43-11-8-35(3,46)9-12-43)45-19-36(20-45)10-13-44(18-36)33-34(42-41-22-40-33)47-30-7-6-26(37)16-28(30)29-17-38-21-39-31(29)24-4-5-24/h6-7,16-17,21-25,27,32,46H,4-5,8-15,18-20H2,1-3H3. The van der Waals surface area contributed by atoms with Gasteiger partial charge in [-0.2, -0.15) is 0 Å². The van der Waals surface area contributed by atoms with E-state index in [0.29, 0.717) is 46.9 Å². The number of benzene rings is 1. The number of hydrogen-bond donors (Lipinski definition) is 1. The SMILES string of the molecule is CC(C)C(C1CC(N2CCC(C)(O)CC2)C1)N1CC2(CCN(c3ncnnc3Oc3ccc(F)cc3-c3cncnc3C3CC3)C2)C1. The fraction of sp³-hybridized carbons (Fsp3) is 0.639. The third-order valence-electron chi connectivity index (χ3n) is 11.7. The molecule has 3 aliphatic heterocycles. The molecule has 10 nitrogen and oxygen atoms in total. The summed E-state index contributed by atoms with van der Waals surface area (Å²) in [5.74, 6) is 2.88. The van der Waals surface area contributed by atoms with E-state index >= 15 is 0 Å². The van der Waals surface area contributed by atoms with Crippen molar-refractivity contribution in [2.75, 3.05) is 44.2 Å². The highest BCUT2D eigenvalue weighted by atomic mass is 19.1. The van der Waals surface area contributed by atoms with E-state index < -0.39 is 5.60 Å². The van der Waals surface area contributed by atoms with Gasteiger partial charge < -0.3 is 19.6 Å². The molecule has 1 atom stereocenters. The highest BCUT2D eigenvalue weighted by Crippen LogP contribution is 2.49. The monoisotopic (exact) mass is 642 g/mol. The summed E-state index contributed by atoms with van der Waals surface area (Å²) in [5, 5.41) is 18.8. The summed E-state index contributed by atoms with van der Waals surface area (Å²) in [5.41, 5.74) is 2.08. The molecule has 0 radical (unpaired) electrons. The van der Waals surface area contributed by atoms with Gasteiger partial charge >= 0.3 is 0 Å². The zero-order valence-corrected chi connectivity index (χ0v) is 27.9. The van der Waals surface area contributed by atoms with Crippen LogP contribution in [0.3, 0.4) is 0 Å². The van der Waals surface area contributed by atoms with Gasteiger partial charge in [-0.05, 0) is 81.9 Å². The first kappa shape index (κ1) is 31.0. The van der Waals surface area contributed by atoms with E-state index in [4.69, 9.17) is 4.74 Å². The van der Waals surface area contributed by atoms with Crippen LogP contribution in [0.2, 0.25) is 0 Å². The van der Waals surface area contributed by atoms with Crippen molar-refractivity contribution in [2.24, 2.45) is 17.3 Å². The largest absolute Gasteiger partial charge is 0.434 e. The Bertz CT molecular complexity index is 1590. The Kier molecular flexibility index (Phi) is 7.92. The van der Waals surface area contributed by atoms with Crippen LogP contribution in [0.1, 0.15) is 77.3 Å². The maximum Gasteiger partial charge on any atom is 0.282 e. The molecule has 2 saturated carbocycles. The minimum absolute atomic E-state index is 0.235. The maximum absolute atomic E-state index is 14.6. The summed E-state index contributed by atoms with van der Waals surface area (Å²) < 4.78 is 21.0. The zero-order chi connectivity index (χ0) is 32.3. The number of likely N-dealkylation sites (tertiary alicyclic amines) is 2. The highest BCUT2D eigenvalue weighted by molar-refractivity contribution is 5.73. The number of aliphatic hydroxyl groups is 1. The molecule has 5 fully saturated rings. The lowest BCUT2D eigenvalue weighted by molar-refractivity contribution is -0.0899. The molecule has 11 heteroatoms. The number of ether oxygens (including phenoxy) is 1. The number of rotatable bonds is 9. The van der Waals surface area contributed by atoms with Crippen molar-refractivity contribution in [2.45, 2.75) is 89.3 Å². The molecule has 2 aliphatic carbocycles. The summed E-state index contributed by atoms with van der Waals surface area (Å²) >= 11 is 0. The summed E-state index contributed by atoms with van der Waals surface area (Å²) in [6, 6.07) is 5.83. The van der Waals surface area contributed by atoms with E-state index in [1.165, 1.54) is 31.3 Å². The van der Waals surface area contributed by atoms with Crippen molar-refractivity contribution < 1.29 is 14.2 Å². The number of hydrogen-bond acceptors (Lipinski definition) is 10. The molecular weight excluding hydrogens is 595 g/mol. The fourth-order valence-electron chi connectivity index (χ4n) is 8.92. The summed E-state index contributed by atoms with van der Waals surface area (Å²) in [6.45, 7) is 12.8. The number of aromatic nitrogens is 5. The average molecular weight is 643 g/mol. The first-order chi connectivity index (χ1) is 22.7. The topological polar surface area (TPSA) is 104 Å². The lowest BCUT2D eigenvalue weighted by Crippen LogP contribution is -2.65. The molecule has 250 valence electrons. The van der Waals surface area contributed by atoms with Gasteiger partial charge in [-0.15, -0.1) is 10.2 Å². The lowest BCUT2D eigenvalue weighted by atomic mass is 9.67. The fourth-order valence-corrected chi connectivity index (χ4v) is 8.92. The molecule has 1 N–H and O–H groups in total. The molecule has 8 rings (SSSR count). The average Bonchev–Trinajstić information content (AvgIpc) is 3.77. The van der Waals surface area contributed by atoms with Gasteiger partial charge in [0.15, 0.2) is 5.82 Å². The van der Waals surface area contributed by atoms with Crippen LogP contribution in [0, 0.1) is 23.1 Å². The normalized spacial score (nSPS) is 26.3. The Labute approximate surface area is 276 Å². The molecule has 1 unspecified atom stereocenters. The van der Waals surface area contributed by atoms with Gasteiger partial charge in [0, 0.05) is 80.0 Å². The molecule has 3 aromatic rings. The van der Waals surface area contributed by atoms with Crippen LogP contribution in [0.25, 0.3) is 11.1 Å². The number of anilines is 1. The van der Waals surface area contributed by atoms with E-state index in [0.717, 1.165) is 88.5 Å². The van der Waals surface area contributed by atoms with Crippen molar-refractivity contribution in [3.63, 3.8) is 0 Å². The van der Waals surface area contributed by atoms with Crippen molar-refractivity contribution >= 4 is 5.82 Å². The summed E-state index contributed by atoms with van der Waals surface area (Å²) in [6.07, 6.45) is 12.4. The van der Waals surface area contributed by atoms with Crippen LogP contribution in [-0.4, -0.2) is 97.0 Å². The minimum Gasteiger partial charge on any atom is -0.434 e. The van der Waals surface area contributed by atoms with Gasteiger partial charge in [-0.3, -0.25) is 4.90 Å².